The molecular formula is C23H19Cl2N3O3. The van der Waals surface area contributed by atoms with Crippen molar-refractivity contribution >= 4 is 40.5 Å². The molecule has 1 saturated carbocycles. The second-order valence-electron chi connectivity index (χ2n) is 7.59. The number of carbonyl (C=O) groups is 1. The minimum atomic E-state index is -0.525. The van der Waals surface area contributed by atoms with Crippen LogP contribution in [-0.2, 0) is 0 Å². The monoisotopic (exact) mass is 455 g/mol. The molecule has 1 aliphatic heterocycles. The van der Waals surface area contributed by atoms with Gasteiger partial charge in [-0.2, -0.15) is 0 Å². The summed E-state index contributed by atoms with van der Waals surface area (Å²) in [6.07, 6.45) is 3.77. The molecule has 0 atom stereocenters. The molecule has 0 saturated heterocycles. The number of nitrogens with zero attached hydrogens (tertiary/aromatic N) is 2. The van der Waals surface area contributed by atoms with Crippen LogP contribution < -0.4 is 20.1 Å². The predicted molar refractivity (Wildman–Crippen MR) is 122 cm³/mol. The number of rotatable bonds is 4. The highest BCUT2D eigenvalue weighted by atomic mass is 35.5. The number of fused-ring (bicyclic) bond motifs is 1. The van der Waals surface area contributed by atoms with E-state index in [-0.39, 0.29) is 17.1 Å². The van der Waals surface area contributed by atoms with Crippen LogP contribution >= 0.6 is 23.2 Å². The van der Waals surface area contributed by atoms with Crippen molar-refractivity contribution in [2.45, 2.75) is 18.9 Å². The molecule has 1 aliphatic carbocycles. The van der Waals surface area contributed by atoms with Crippen LogP contribution in [0, 0.1) is 0 Å². The van der Waals surface area contributed by atoms with Gasteiger partial charge in [0, 0.05) is 36.4 Å². The van der Waals surface area contributed by atoms with Crippen molar-refractivity contribution < 1.29 is 9.53 Å². The number of hydrogen-bond donors (Lipinski definition) is 1. The lowest BCUT2D eigenvalue weighted by Crippen LogP contribution is -2.46. The zero-order valence-corrected chi connectivity index (χ0v) is 18.0. The molecule has 0 bridgehead atoms. The van der Waals surface area contributed by atoms with E-state index in [0.717, 1.165) is 11.4 Å². The highest BCUT2D eigenvalue weighted by Crippen LogP contribution is 2.41. The largest absolute Gasteiger partial charge is 0.455 e. The Balaban J connectivity index is 1.53. The number of carbonyl (C=O) groups excluding carboxylic acids is 1. The molecule has 6 nitrogen and oxygen atoms in total. The van der Waals surface area contributed by atoms with E-state index >= 15 is 0 Å². The second kappa shape index (κ2) is 7.94. The van der Waals surface area contributed by atoms with E-state index in [1.165, 1.54) is 25.1 Å². The number of ether oxygens (including phenoxy) is 1. The Morgan fingerprint density at radius 1 is 1.00 bits per heavy atom. The summed E-state index contributed by atoms with van der Waals surface area (Å²) in [7, 11) is 0. The Labute approximate surface area is 189 Å². The molecule has 158 valence electrons. The summed E-state index contributed by atoms with van der Waals surface area (Å²) in [5.74, 6) is -0.0225. The molecular weight excluding hydrogens is 437 g/mol. The van der Waals surface area contributed by atoms with Crippen molar-refractivity contribution in [3.8, 4) is 11.5 Å². The molecule has 8 heteroatoms. The number of pyridine rings is 1. The molecule has 1 aromatic heterocycles. The first kappa shape index (κ1) is 20.0. The Morgan fingerprint density at radius 2 is 1.77 bits per heavy atom. The first-order valence-corrected chi connectivity index (χ1v) is 10.8. The van der Waals surface area contributed by atoms with E-state index in [1.54, 1.807) is 23.1 Å². The quantitative estimate of drug-likeness (QED) is 0.593. The molecule has 0 unspecified atom stereocenters. The molecule has 2 aromatic carbocycles. The number of aromatic amines is 1. The lowest BCUT2D eigenvalue weighted by Gasteiger charge is -2.38. The molecule has 0 spiro atoms. The van der Waals surface area contributed by atoms with E-state index in [1.807, 2.05) is 24.3 Å². The van der Waals surface area contributed by atoms with Gasteiger partial charge in [-0.15, -0.1) is 0 Å². The van der Waals surface area contributed by atoms with E-state index in [4.69, 9.17) is 27.9 Å². The first-order valence-electron chi connectivity index (χ1n) is 10.0. The summed E-state index contributed by atoms with van der Waals surface area (Å²) in [5, 5.41) is 0.758. The number of aromatic nitrogens is 1. The molecule has 1 N–H and O–H groups in total. The SMILES string of the molecule is O=C(c1c(Oc2cc(Cl)ccc2Cl)cc[nH]c1=O)N1CCN(C2CC2)c2ccccc21. The number of hydrogen-bond acceptors (Lipinski definition) is 4. The molecule has 2 aliphatic rings. The van der Waals surface area contributed by atoms with Gasteiger partial charge in [0.25, 0.3) is 11.5 Å². The summed E-state index contributed by atoms with van der Waals surface area (Å²) >= 11 is 12.3. The van der Waals surface area contributed by atoms with Crippen LogP contribution in [0.25, 0.3) is 0 Å². The topological polar surface area (TPSA) is 65.6 Å². The van der Waals surface area contributed by atoms with Gasteiger partial charge in [-0.25, -0.2) is 0 Å². The maximum absolute atomic E-state index is 13.6. The van der Waals surface area contributed by atoms with Crippen molar-refractivity contribution in [2.75, 3.05) is 22.9 Å². The van der Waals surface area contributed by atoms with Gasteiger partial charge >= 0.3 is 0 Å². The zero-order chi connectivity index (χ0) is 21.5. The summed E-state index contributed by atoms with van der Waals surface area (Å²) < 4.78 is 5.88. The Kier molecular flexibility index (Phi) is 5.12. The number of amides is 1. The predicted octanol–water partition coefficient (Wildman–Crippen LogP) is 5.10. The summed E-state index contributed by atoms with van der Waals surface area (Å²) in [5.41, 5.74) is 1.20. The van der Waals surface area contributed by atoms with Crippen molar-refractivity contribution in [1.29, 1.82) is 0 Å². The van der Waals surface area contributed by atoms with Crippen LogP contribution in [0.1, 0.15) is 23.2 Å². The zero-order valence-electron chi connectivity index (χ0n) is 16.5. The van der Waals surface area contributed by atoms with Gasteiger partial charge in [0.2, 0.25) is 0 Å². The van der Waals surface area contributed by atoms with Crippen LogP contribution in [-0.4, -0.2) is 30.0 Å². The van der Waals surface area contributed by atoms with Gasteiger partial charge in [-0.05, 0) is 43.2 Å². The smallest absolute Gasteiger partial charge is 0.267 e. The van der Waals surface area contributed by atoms with Gasteiger partial charge in [0.05, 0.1) is 16.4 Å². The van der Waals surface area contributed by atoms with E-state index < -0.39 is 11.5 Å². The molecule has 31 heavy (non-hydrogen) atoms. The molecule has 1 amide bonds. The molecule has 3 aromatic rings. The van der Waals surface area contributed by atoms with Gasteiger partial charge in [-0.3, -0.25) is 9.59 Å². The van der Waals surface area contributed by atoms with Crippen LogP contribution in [0.15, 0.2) is 59.5 Å². The maximum atomic E-state index is 13.6. The number of benzene rings is 2. The normalized spacial score (nSPS) is 15.5. The van der Waals surface area contributed by atoms with Crippen molar-refractivity contribution in [2.24, 2.45) is 0 Å². The van der Waals surface area contributed by atoms with E-state index in [2.05, 4.69) is 9.88 Å². The highest BCUT2D eigenvalue weighted by molar-refractivity contribution is 6.34. The molecule has 5 rings (SSSR count). The van der Waals surface area contributed by atoms with Crippen molar-refractivity contribution in [3.63, 3.8) is 0 Å². The lowest BCUT2D eigenvalue weighted by molar-refractivity contribution is 0.0982. The van der Waals surface area contributed by atoms with Gasteiger partial charge < -0.3 is 19.5 Å². The number of para-hydroxylation sites is 2. The first-order chi connectivity index (χ1) is 15.0. The fraction of sp³-hybridized carbons (Fsp3) is 0.217. The molecule has 2 heterocycles. The number of anilines is 2. The third-order valence-corrected chi connectivity index (χ3v) is 6.08. The average Bonchev–Trinajstić information content (AvgIpc) is 3.60. The third-order valence-electron chi connectivity index (χ3n) is 5.53. The van der Waals surface area contributed by atoms with Gasteiger partial charge in [0.15, 0.2) is 0 Å². The number of H-pyrrole nitrogens is 1. The Morgan fingerprint density at radius 3 is 2.55 bits per heavy atom. The Hall–Kier alpha value is -2.96. The minimum absolute atomic E-state index is 0.0757. The van der Waals surface area contributed by atoms with Crippen molar-refractivity contribution in [1.82, 2.24) is 4.98 Å². The standard InChI is InChI=1S/C23H19Cl2N3O3/c24-14-5-8-16(25)20(13-14)31-19-9-10-26-22(29)21(19)23(30)28-12-11-27(15-6-7-15)17-3-1-2-4-18(17)28/h1-5,8-10,13,15H,6-7,11-12H2,(H,26,29). The molecule has 1 fully saturated rings. The fourth-order valence-electron chi connectivity index (χ4n) is 3.92. The third kappa shape index (κ3) is 3.77. The van der Waals surface area contributed by atoms with E-state index in [0.29, 0.717) is 29.2 Å². The fourth-order valence-corrected chi connectivity index (χ4v) is 4.24. The summed E-state index contributed by atoms with van der Waals surface area (Å²) in [6.45, 7) is 1.20. The van der Waals surface area contributed by atoms with Crippen molar-refractivity contribution in [3.05, 3.63) is 80.7 Å². The second-order valence-corrected chi connectivity index (χ2v) is 8.44. The van der Waals surface area contributed by atoms with Crippen LogP contribution in [0.5, 0.6) is 11.5 Å². The minimum Gasteiger partial charge on any atom is -0.455 e. The van der Waals surface area contributed by atoms with Gasteiger partial charge in [-0.1, -0.05) is 35.3 Å². The summed E-state index contributed by atoms with van der Waals surface area (Å²) in [4.78, 5) is 32.9. The van der Waals surface area contributed by atoms with Gasteiger partial charge in [0.1, 0.15) is 17.1 Å². The van der Waals surface area contributed by atoms with E-state index in [9.17, 15) is 9.59 Å². The molecule has 0 radical (unpaired) electrons. The Bertz CT molecular complexity index is 1220. The van der Waals surface area contributed by atoms with Crippen LogP contribution in [0.3, 0.4) is 0 Å². The lowest BCUT2D eigenvalue weighted by atomic mass is 10.1. The van der Waals surface area contributed by atoms with Crippen LogP contribution in [0.4, 0.5) is 11.4 Å². The maximum Gasteiger partial charge on any atom is 0.267 e. The highest BCUT2D eigenvalue weighted by Gasteiger charge is 2.36. The average molecular weight is 456 g/mol. The number of nitrogens with one attached hydrogen (secondary N) is 1. The summed E-state index contributed by atoms with van der Waals surface area (Å²) in [6, 6.07) is 14.6. The van der Waals surface area contributed by atoms with Crippen LogP contribution in [0.2, 0.25) is 10.0 Å². The number of halogens is 2.